The number of imide groups is 1. The summed E-state index contributed by atoms with van der Waals surface area (Å²) in [5.74, 6) is 1.61. The van der Waals surface area contributed by atoms with Crippen LogP contribution in [0.4, 0.5) is 10.5 Å². The first-order valence-electron chi connectivity index (χ1n) is 13.6. The molecule has 1 aliphatic carbocycles. The molecule has 0 radical (unpaired) electrons. The van der Waals surface area contributed by atoms with Crippen molar-refractivity contribution in [2.24, 2.45) is 11.8 Å². The Balaban J connectivity index is 1.12. The Bertz CT molecular complexity index is 1070. The molecular weight excluding hydrogens is 456 g/mol. The number of ether oxygens (including phenoxy) is 1. The van der Waals surface area contributed by atoms with Gasteiger partial charge >= 0.3 is 6.03 Å². The second-order valence-electron chi connectivity index (χ2n) is 11.0. The van der Waals surface area contributed by atoms with Crippen LogP contribution in [-0.2, 0) is 9.59 Å². The van der Waals surface area contributed by atoms with E-state index >= 15 is 0 Å². The largest absolute Gasteiger partial charge is 0.497 e. The first-order valence-corrected chi connectivity index (χ1v) is 13.6. The van der Waals surface area contributed by atoms with Crippen LogP contribution in [0, 0.1) is 11.8 Å². The number of hydrogen-bond acceptors (Lipinski definition) is 5. The Morgan fingerprint density at radius 3 is 2.75 bits per heavy atom. The summed E-state index contributed by atoms with van der Waals surface area (Å²) in [5.41, 5.74) is 1.97. The van der Waals surface area contributed by atoms with Gasteiger partial charge in [0.15, 0.2) is 0 Å². The third kappa shape index (κ3) is 4.09. The summed E-state index contributed by atoms with van der Waals surface area (Å²) in [6.45, 7) is 3.07. The van der Waals surface area contributed by atoms with E-state index in [9.17, 15) is 14.4 Å². The zero-order chi connectivity index (χ0) is 24.8. The summed E-state index contributed by atoms with van der Waals surface area (Å²) < 4.78 is 5.17. The van der Waals surface area contributed by atoms with E-state index in [1.165, 1.54) is 37.8 Å². The van der Waals surface area contributed by atoms with Gasteiger partial charge in [0.25, 0.3) is 5.91 Å². The summed E-state index contributed by atoms with van der Waals surface area (Å²) in [4.78, 5) is 45.1. The molecule has 5 atom stereocenters. The summed E-state index contributed by atoms with van der Waals surface area (Å²) >= 11 is 0. The average molecular weight is 493 g/mol. The molecule has 0 saturated carbocycles. The highest BCUT2D eigenvalue weighted by Gasteiger charge is 2.47. The predicted octanol–water partition coefficient (Wildman–Crippen LogP) is 3.32. The number of anilines is 1. The van der Waals surface area contributed by atoms with Crippen molar-refractivity contribution in [2.75, 3.05) is 31.6 Å². The Morgan fingerprint density at radius 1 is 1.11 bits per heavy atom. The average Bonchev–Trinajstić information content (AvgIpc) is 3.19. The lowest BCUT2D eigenvalue weighted by Crippen LogP contribution is -2.60. The number of nitrogens with one attached hydrogen (secondary N) is 1. The normalized spacial score (nSPS) is 31.9. The van der Waals surface area contributed by atoms with Gasteiger partial charge in [0.05, 0.1) is 18.8 Å². The van der Waals surface area contributed by atoms with Crippen molar-refractivity contribution in [1.29, 1.82) is 0 Å². The number of piperidine rings is 3. The highest BCUT2D eigenvalue weighted by atomic mass is 16.5. The maximum atomic E-state index is 13.5. The van der Waals surface area contributed by atoms with E-state index in [4.69, 9.17) is 4.74 Å². The molecule has 1 aromatic carbocycles. The minimum Gasteiger partial charge on any atom is -0.497 e. The molecule has 1 aromatic rings. The van der Waals surface area contributed by atoms with Gasteiger partial charge in [-0.3, -0.25) is 14.5 Å². The summed E-state index contributed by atoms with van der Waals surface area (Å²) in [6.07, 6.45) is 10.3. The standard InChI is InChI=1S/C28H36N4O4/c1-36-22-9-7-21(8-10-22)32-27(34)23(29-28(32)35)11-12-25(33)31-14-4-5-18-15-19-16-20(26(18)31)17-30-13-3-2-6-24(19)30/h7-10,15,19-20,23-24,26H,2-6,11-14,16-17H2,1H3,(H,29,35)/t19-,20-,23+,24-,26-/m0/s1. The molecule has 192 valence electrons. The topological polar surface area (TPSA) is 82.2 Å². The second kappa shape index (κ2) is 9.54. The van der Waals surface area contributed by atoms with Crippen molar-refractivity contribution in [3.05, 3.63) is 35.9 Å². The molecule has 4 aliphatic heterocycles. The van der Waals surface area contributed by atoms with Gasteiger partial charge in [0.1, 0.15) is 11.8 Å². The lowest BCUT2D eigenvalue weighted by Gasteiger charge is -2.54. The number of methoxy groups -OCH3 is 1. The maximum absolute atomic E-state index is 13.5. The molecule has 0 aromatic heterocycles. The predicted molar refractivity (Wildman–Crippen MR) is 136 cm³/mol. The van der Waals surface area contributed by atoms with Gasteiger partial charge in [0.2, 0.25) is 5.91 Å². The number of nitrogens with zero attached hydrogens (tertiary/aromatic N) is 3. The van der Waals surface area contributed by atoms with E-state index in [2.05, 4.69) is 21.2 Å². The molecule has 8 nitrogen and oxygen atoms in total. The third-order valence-electron chi connectivity index (χ3n) is 8.97. The van der Waals surface area contributed by atoms with E-state index in [-0.39, 0.29) is 24.3 Å². The SMILES string of the molecule is COc1ccc(N2C(=O)N[C@H](CCC(=O)N3CCCC4=C[C@H]5C[C@@H](CN6CCCC[C@@H]56)[C@H]43)C2=O)cc1. The molecule has 8 heteroatoms. The number of fused-ring (bicyclic) bond motifs is 6. The molecule has 0 unspecified atom stereocenters. The number of carbonyl (C=O) groups is 3. The van der Waals surface area contributed by atoms with E-state index < -0.39 is 12.1 Å². The molecule has 2 bridgehead atoms. The zero-order valence-electron chi connectivity index (χ0n) is 21.0. The molecule has 4 saturated heterocycles. The van der Waals surface area contributed by atoms with Gasteiger partial charge in [-0.25, -0.2) is 9.69 Å². The molecule has 1 N–H and O–H groups in total. The number of benzene rings is 1. The fourth-order valence-electron chi connectivity index (χ4n) is 7.37. The summed E-state index contributed by atoms with van der Waals surface area (Å²) in [5, 5.41) is 2.78. The van der Waals surface area contributed by atoms with Gasteiger partial charge < -0.3 is 15.0 Å². The summed E-state index contributed by atoms with van der Waals surface area (Å²) in [7, 11) is 1.57. The van der Waals surface area contributed by atoms with E-state index in [1.54, 1.807) is 31.4 Å². The van der Waals surface area contributed by atoms with Crippen LogP contribution in [0.1, 0.15) is 51.4 Å². The molecule has 0 spiro atoms. The Labute approximate surface area is 212 Å². The maximum Gasteiger partial charge on any atom is 0.329 e. The van der Waals surface area contributed by atoms with Crippen LogP contribution in [0.5, 0.6) is 5.75 Å². The van der Waals surface area contributed by atoms with E-state index in [1.807, 2.05) is 0 Å². The van der Waals surface area contributed by atoms with Crippen LogP contribution >= 0.6 is 0 Å². The second-order valence-corrected chi connectivity index (χ2v) is 11.0. The molecule has 4 fully saturated rings. The smallest absolute Gasteiger partial charge is 0.329 e. The van der Waals surface area contributed by atoms with Crippen LogP contribution in [-0.4, -0.2) is 72.5 Å². The number of urea groups is 1. The van der Waals surface area contributed by atoms with Crippen molar-refractivity contribution < 1.29 is 19.1 Å². The first-order chi connectivity index (χ1) is 17.5. The van der Waals surface area contributed by atoms with Gasteiger partial charge in [-0.1, -0.05) is 18.1 Å². The van der Waals surface area contributed by atoms with Crippen LogP contribution in [0.3, 0.4) is 0 Å². The van der Waals surface area contributed by atoms with Gasteiger partial charge in [-0.2, -0.15) is 0 Å². The first kappa shape index (κ1) is 23.5. The Kier molecular flexibility index (Phi) is 6.23. The quantitative estimate of drug-likeness (QED) is 0.504. The molecule has 36 heavy (non-hydrogen) atoms. The minimum absolute atomic E-state index is 0.106. The van der Waals surface area contributed by atoms with Crippen LogP contribution in [0.25, 0.3) is 0 Å². The van der Waals surface area contributed by atoms with Crippen molar-refractivity contribution in [3.8, 4) is 5.75 Å². The van der Waals surface area contributed by atoms with Crippen LogP contribution in [0.15, 0.2) is 35.9 Å². The van der Waals surface area contributed by atoms with E-state index in [0.29, 0.717) is 35.7 Å². The van der Waals surface area contributed by atoms with Gasteiger partial charge in [-0.15, -0.1) is 0 Å². The van der Waals surface area contributed by atoms with Crippen molar-refractivity contribution in [1.82, 2.24) is 15.1 Å². The molecule has 4 amide bonds. The fraction of sp³-hybridized carbons (Fsp3) is 0.607. The van der Waals surface area contributed by atoms with Crippen molar-refractivity contribution >= 4 is 23.5 Å². The monoisotopic (exact) mass is 492 g/mol. The number of likely N-dealkylation sites (tertiary alicyclic amines) is 1. The number of rotatable bonds is 5. The van der Waals surface area contributed by atoms with Crippen molar-refractivity contribution in [2.45, 2.75) is 69.5 Å². The number of hydrogen-bond donors (Lipinski definition) is 1. The van der Waals surface area contributed by atoms with Crippen molar-refractivity contribution in [3.63, 3.8) is 0 Å². The number of amides is 4. The molecule has 6 rings (SSSR count). The Morgan fingerprint density at radius 2 is 1.94 bits per heavy atom. The lowest BCUT2D eigenvalue weighted by molar-refractivity contribution is -0.136. The van der Waals surface area contributed by atoms with Gasteiger partial charge in [-0.05, 0) is 81.2 Å². The molecule has 5 aliphatic rings. The molecular formula is C28H36N4O4. The summed E-state index contributed by atoms with van der Waals surface area (Å²) in [6, 6.07) is 6.61. The van der Waals surface area contributed by atoms with Crippen LogP contribution in [0.2, 0.25) is 0 Å². The highest BCUT2D eigenvalue weighted by Crippen LogP contribution is 2.45. The van der Waals surface area contributed by atoms with E-state index in [0.717, 1.165) is 30.8 Å². The lowest BCUT2D eigenvalue weighted by atomic mass is 9.68. The Hall–Kier alpha value is -2.87. The minimum atomic E-state index is -0.678. The highest BCUT2D eigenvalue weighted by molar-refractivity contribution is 6.21. The van der Waals surface area contributed by atoms with Gasteiger partial charge in [0, 0.05) is 25.6 Å². The third-order valence-corrected chi connectivity index (χ3v) is 8.97. The van der Waals surface area contributed by atoms with Crippen LogP contribution < -0.4 is 15.0 Å². The zero-order valence-corrected chi connectivity index (χ0v) is 21.0. The fourth-order valence-corrected chi connectivity index (χ4v) is 7.37. The molecule has 4 heterocycles. The number of carbonyl (C=O) groups excluding carboxylic acids is 3.